The van der Waals surface area contributed by atoms with Gasteiger partial charge in [0, 0.05) is 56.1 Å². The fourth-order valence-electron chi connectivity index (χ4n) is 5.43. The van der Waals surface area contributed by atoms with Gasteiger partial charge in [0.15, 0.2) is 0 Å². The van der Waals surface area contributed by atoms with Gasteiger partial charge >= 0.3 is 0 Å². The Morgan fingerprint density at radius 3 is 2.76 bits per heavy atom. The minimum absolute atomic E-state index is 0.290. The van der Waals surface area contributed by atoms with E-state index in [1.807, 2.05) is 39.5 Å². The summed E-state index contributed by atoms with van der Waals surface area (Å²) in [6.45, 7) is 8.37. The van der Waals surface area contributed by atoms with Crippen molar-refractivity contribution in [3.05, 3.63) is 66.5 Å². The molecule has 0 saturated carbocycles. The lowest BCUT2D eigenvalue weighted by molar-refractivity contribution is -0.111. The summed E-state index contributed by atoms with van der Waals surface area (Å²) < 4.78 is 8.15. The molecule has 0 bridgehead atoms. The number of hydrogen-bond acceptors (Lipinski definition) is 7. The fraction of sp³-hybridized carbons (Fsp3) is 0.344. The van der Waals surface area contributed by atoms with Crippen LogP contribution < -0.4 is 20.3 Å². The standard InChI is InChI=1S/C32H39N7O2/c1-7-21-19-33-32(36-30(21)24-20-39-14-10-12-22-11-9-13-23(24)31(22)39)35-26-17-25(34-29(40)8-2)27(18-28(26)41-6)38(5)16-15-37(3)4/h8-9,11,13,17-20H,2,7,10,12,14-16H2,1,3-6H3,(H,34,40)(H,33,35,36). The van der Waals surface area contributed by atoms with Crippen LogP contribution in [0.4, 0.5) is 23.0 Å². The van der Waals surface area contributed by atoms with Crippen LogP contribution in [0.5, 0.6) is 5.75 Å². The van der Waals surface area contributed by atoms with Crippen molar-refractivity contribution in [1.29, 1.82) is 0 Å². The topological polar surface area (TPSA) is 87.5 Å². The largest absolute Gasteiger partial charge is 0.494 e. The van der Waals surface area contributed by atoms with Crippen molar-refractivity contribution in [3.8, 4) is 17.0 Å². The van der Waals surface area contributed by atoms with Crippen molar-refractivity contribution >= 4 is 39.8 Å². The first-order valence-corrected chi connectivity index (χ1v) is 14.1. The smallest absolute Gasteiger partial charge is 0.247 e. The molecule has 3 heterocycles. The van der Waals surface area contributed by atoms with Crippen LogP contribution in [0.3, 0.4) is 0 Å². The number of carbonyl (C=O) groups is 1. The highest BCUT2D eigenvalue weighted by molar-refractivity contribution is 6.02. The van der Waals surface area contributed by atoms with Gasteiger partial charge in [-0.3, -0.25) is 4.79 Å². The van der Waals surface area contributed by atoms with E-state index in [1.165, 1.54) is 22.5 Å². The van der Waals surface area contributed by atoms with Crippen LogP contribution in [0.15, 0.2) is 55.4 Å². The monoisotopic (exact) mass is 553 g/mol. The highest BCUT2D eigenvalue weighted by Gasteiger charge is 2.21. The summed E-state index contributed by atoms with van der Waals surface area (Å²) >= 11 is 0. The Hall–Kier alpha value is -4.37. The van der Waals surface area contributed by atoms with Gasteiger partial charge in [-0.25, -0.2) is 9.97 Å². The van der Waals surface area contributed by atoms with Crippen LogP contribution in [0.2, 0.25) is 0 Å². The SMILES string of the molecule is C=CC(=O)Nc1cc(Nc2ncc(CC)c(-c3cn4c5c(cccc35)CCC4)n2)c(OC)cc1N(C)CCN(C)C. The molecule has 0 fully saturated rings. The number of nitrogens with one attached hydrogen (secondary N) is 2. The van der Waals surface area contributed by atoms with E-state index in [2.05, 4.69) is 67.9 Å². The number of benzene rings is 2. The minimum Gasteiger partial charge on any atom is -0.494 e. The molecule has 1 aliphatic heterocycles. The molecule has 9 heteroatoms. The molecule has 9 nitrogen and oxygen atoms in total. The lowest BCUT2D eigenvalue weighted by Gasteiger charge is -2.26. The van der Waals surface area contributed by atoms with Gasteiger partial charge in [-0.15, -0.1) is 0 Å². The predicted octanol–water partition coefficient (Wildman–Crippen LogP) is 5.48. The minimum atomic E-state index is -0.290. The number of likely N-dealkylation sites (N-methyl/N-ethyl adjacent to an activating group) is 2. The maximum Gasteiger partial charge on any atom is 0.247 e. The molecule has 0 radical (unpaired) electrons. The van der Waals surface area contributed by atoms with Crippen molar-refractivity contribution in [3.63, 3.8) is 0 Å². The summed E-state index contributed by atoms with van der Waals surface area (Å²) in [5, 5.41) is 7.54. The zero-order valence-electron chi connectivity index (χ0n) is 24.6. The molecule has 4 aromatic rings. The third kappa shape index (κ3) is 5.76. The van der Waals surface area contributed by atoms with Crippen molar-refractivity contribution in [2.75, 3.05) is 56.9 Å². The molecule has 1 amide bonds. The van der Waals surface area contributed by atoms with Crippen molar-refractivity contribution in [2.45, 2.75) is 32.7 Å². The van der Waals surface area contributed by atoms with Gasteiger partial charge in [0.2, 0.25) is 11.9 Å². The first kappa shape index (κ1) is 28.2. The van der Waals surface area contributed by atoms with Crippen LogP contribution >= 0.6 is 0 Å². The molecule has 2 aromatic heterocycles. The molecular weight excluding hydrogens is 514 g/mol. The van der Waals surface area contributed by atoms with E-state index in [1.54, 1.807) is 7.11 Å². The number of aromatic nitrogens is 3. The number of methoxy groups -OCH3 is 1. The Morgan fingerprint density at radius 1 is 1.20 bits per heavy atom. The van der Waals surface area contributed by atoms with Crippen LogP contribution in [0.1, 0.15) is 24.5 Å². The summed E-state index contributed by atoms with van der Waals surface area (Å²) in [4.78, 5) is 26.2. The number of nitrogens with zero attached hydrogens (tertiary/aromatic N) is 5. The van der Waals surface area contributed by atoms with E-state index in [4.69, 9.17) is 9.72 Å². The second-order valence-electron chi connectivity index (χ2n) is 10.7. The van der Waals surface area contributed by atoms with Gasteiger partial charge in [0.25, 0.3) is 0 Å². The van der Waals surface area contributed by atoms with Crippen LogP contribution in [0, 0.1) is 0 Å². The van der Waals surface area contributed by atoms with Crippen molar-refractivity contribution < 1.29 is 9.53 Å². The molecule has 2 N–H and O–H groups in total. The predicted molar refractivity (Wildman–Crippen MR) is 168 cm³/mol. The Balaban J connectivity index is 1.55. The average Bonchev–Trinajstić information content (AvgIpc) is 3.36. The van der Waals surface area contributed by atoms with E-state index >= 15 is 0 Å². The van der Waals surface area contributed by atoms with Gasteiger partial charge in [-0.2, -0.15) is 0 Å². The number of rotatable bonds is 11. The van der Waals surface area contributed by atoms with Crippen LogP contribution in [0.25, 0.3) is 22.2 Å². The number of carbonyl (C=O) groups excluding carboxylic acids is 1. The van der Waals surface area contributed by atoms with E-state index in [9.17, 15) is 4.79 Å². The average molecular weight is 554 g/mol. The second-order valence-corrected chi connectivity index (χ2v) is 10.7. The van der Waals surface area contributed by atoms with Gasteiger partial charge in [-0.1, -0.05) is 31.7 Å². The van der Waals surface area contributed by atoms with E-state index in [0.717, 1.165) is 61.4 Å². The van der Waals surface area contributed by atoms with E-state index in [-0.39, 0.29) is 5.91 Å². The number of anilines is 4. The number of hydrogen-bond donors (Lipinski definition) is 2. The normalized spacial score (nSPS) is 12.4. The Bertz CT molecular complexity index is 1590. The Kier molecular flexibility index (Phi) is 8.26. The van der Waals surface area contributed by atoms with Crippen molar-refractivity contribution in [1.82, 2.24) is 19.4 Å². The number of amides is 1. The van der Waals surface area contributed by atoms with Crippen LogP contribution in [-0.4, -0.2) is 66.7 Å². The Morgan fingerprint density at radius 2 is 2.02 bits per heavy atom. The van der Waals surface area contributed by atoms with Crippen molar-refractivity contribution in [2.24, 2.45) is 0 Å². The quantitative estimate of drug-likeness (QED) is 0.238. The van der Waals surface area contributed by atoms with Crippen LogP contribution in [-0.2, 0) is 24.2 Å². The first-order chi connectivity index (χ1) is 19.8. The summed E-state index contributed by atoms with van der Waals surface area (Å²) in [7, 11) is 7.69. The Labute approximate surface area is 241 Å². The molecule has 0 atom stereocenters. The fourth-order valence-corrected chi connectivity index (χ4v) is 5.43. The van der Waals surface area contributed by atoms with E-state index in [0.29, 0.717) is 23.1 Å². The number of para-hydroxylation sites is 1. The third-order valence-electron chi connectivity index (χ3n) is 7.63. The number of aryl methyl sites for hydroxylation is 3. The zero-order valence-corrected chi connectivity index (χ0v) is 24.6. The van der Waals surface area contributed by atoms with Gasteiger partial charge in [-0.05, 0) is 56.6 Å². The maximum atomic E-state index is 12.3. The molecule has 41 heavy (non-hydrogen) atoms. The van der Waals surface area contributed by atoms with Gasteiger partial charge in [0.05, 0.1) is 35.4 Å². The van der Waals surface area contributed by atoms with Gasteiger partial charge in [0.1, 0.15) is 5.75 Å². The molecule has 5 rings (SSSR count). The number of ether oxygens (including phenoxy) is 1. The highest BCUT2D eigenvalue weighted by atomic mass is 16.5. The summed E-state index contributed by atoms with van der Waals surface area (Å²) in [6, 6.07) is 10.3. The highest BCUT2D eigenvalue weighted by Crippen LogP contribution is 2.39. The summed E-state index contributed by atoms with van der Waals surface area (Å²) in [6.07, 6.45) is 8.45. The lowest BCUT2D eigenvalue weighted by atomic mass is 10.0. The third-order valence-corrected chi connectivity index (χ3v) is 7.63. The summed E-state index contributed by atoms with van der Waals surface area (Å²) in [5.74, 6) is 0.782. The molecule has 2 aromatic carbocycles. The molecular formula is C32H39N7O2. The second kappa shape index (κ2) is 12.0. The molecule has 214 valence electrons. The van der Waals surface area contributed by atoms with Gasteiger partial charge < -0.3 is 29.7 Å². The molecule has 0 spiro atoms. The summed E-state index contributed by atoms with van der Waals surface area (Å²) in [5.41, 5.74) is 7.95. The maximum absolute atomic E-state index is 12.3. The molecule has 1 aliphatic rings. The molecule has 0 saturated heterocycles. The molecule has 0 aliphatic carbocycles. The lowest BCUT2D eigenvalue weighted by Crippen LogP contribution is -2.29. The zero-order chi connectivity index (χ0) is 29.1. The molecule has 0 unspecified atom stereocenters. The van der Waals surface area contributed by atoms with E-state index < -0.39 is 0 Å². The first-order valence-electron chi connectivity index (χ1n) is 14.1.